The van der Waals surface area contributed by atoms with E-state index in [1.54, 1.807) is 12.4 Å². The van der Waals surface area contributed by atoms with Crippen LogP contribution < -0.4 is 9.80 Å². The molecular formula is C16H26N4O. The van der Waals surface area contributed by atoms with Crippen LogP contribution in [0.2, 0.25) is 0 Å². The van der Waals surface area contributed by atoms with Gasteiger partial charge in [0.1, 0.15) is 0 Å². The fourth-order valence-electron chi connectivity index (χ4n) is 3.81. The van der Waals surface area contributed by atoms with E-state index in [-0.39, 0.29) is 11.2 Å². The van der Waals surface area contributed by atoms with Crippen molar-refractivity contribution >= 4 is 11.6 Å². The van der Waals surface area contributed by atoms with Gasteiger partial charge in [0, 0.05) is 39.6 Å². The molecule has 2 heterocycles. The molecule has 0 aromatic carbocycles. The molecule has 1 spiro atoms. The quantitative estimate of drug-likeness (QED) is 0.837. The van der Waals surface area contributed by atoms with Gasteiger partial charge in [-0.1, -0.05) is 12.8 Å². The minimum absolute atomic E-state index is 0.00283. The molecule has 1 aliphatic heterocycles. The molecule has 0 radical (unpaired) electrons. The molecule has 1 aliphatic carbocycles. The first-order valence-corrected chi connectivity index (χ1v) is 7.84. The minimum atomic E-state index is -0.149. The molecule has 3 rings (SSSR count). The number of anilines is 2. The first-order valence-electron chi connectivity index (χ1n) is 7.84. The minimum Gasteiger partial charge on any atom is -0.365 e. The van der Waals surface area contributed by atoms with Gasteiger partial charge in [0.15, 0.2) is 11.6 Å². The lowest BCUT2D eigenvalue weighted by molar-refractivity contribution is -0.148. The molecule has 2 aliphatic rings. The summed E-state index contributed by atoms with van der Waals surface area (Å²) in [5.74, 6) is 1.91. The van der Waals surface area contributed by atoms with E-state index in [4.69, 9.17) is 4.74 Å². The molecule has 0 N–H and O–H groups in total. The van der Waals surface area contributed by atoms with Gasteiger partial charge >= 0.3 is 0 Å². The average Bonchev–Trinajstić information content (AvgIpc) is 2.84. The number of hydrogen-bond acceptors (Lipinski definition) is 5. The summed E-state index contributed by atoms with van der Waals surface area (Å²) >= 11 is 0. The Hall–Kier alpha value is -1.36. The third kappa shape index (κ3) is 2.84. The van der Waals surface area contributed by atoms with Crippen molar-refractivity contribution in [2.24, 2.45) is 0 Å². The lowest BCUT2D eigenvalue weighted by Crippen LogP contribution is -2.59. The Labute approximate surface area is 127 Å². The lowest BCUT2D eigenvalue weighted by atomic mass is 9.94. The molecule has 2 fully saturated rings. The van der Waals surface area contributed by atoms with Gasteiger partial charge in [0.2, 0.25) is 0 Å². The van der Waals surface area contributed by atoms with E-state index >= 15 is 0 Å². The molecule has 21 heavy (non-hydrogen) atoms. The molecule has 0 unspecified atom stereocenters. The predicted molar refractivity (Wildman–Crippen MR) is 84.9 cm³/mol. The first kappa shape index (κ1) is 14.6. The molecule has 5 nitrogen and oxygen atoms in total. The van der Waals surface area contributed by atoms with Crippen LogP contribution in [0.5, 0.6) is 0 Å². The van der Waals surface area contributed by atoms with E-state index in [1.165, 1.54) is 12.8 Å². The van der Waals surface area contributed by atoms with Crippen LogP contribution >= 0.6 is 0 Å². The summed E-state index contributed by atoms with van der Waals surface area (Å²) in [5.41, 5.74) is -0.146. The summed E-state index contributed by atoms with van der Waals surface area (Å²) in [6, 6.07) is 0. The second-order valence-electron chi connectivity index (χ2n) is 7.21. The number of nitrogens with zero attached hydrogens (tertiary/aromatic N) is 4. The number of aromatic nitrogens is 2. The van der Waals surface area contributed by atoms with Gasteiger partial charge in [0.25, 0.3) is 0 Å². The van der Waals surface area contributed by atoms with E-state index in [9.17, 15) is 0 Å². The highest BCUT2D eigenvalue weighted by atomic mass is 16.5. The van der Waals surface area contributed by atoms with Crippen molar-refractivity contribution in [1.29, 1.82) is 0 Å². The van der Waals surface area contributed by atoms with Crippen molar-refractivity contribution in [3.05, 3.63) is 12.4 Å². The van der Waals surface area contributed by atoms with Crippen LogP contribution in [0.15, 0.2) is 12.4 Å². The zero-order valence-electron chi connectivity index (χ0n) is 13.6. The van der Waals surface area contributed by atoms with Gasteiger partial charge < -0.3 is 14.5 Å². The zero-order chi connectivity index (χ0) is 15.1. The molecule has 1 aromatic heterocycles. The SMILES string of the molecule is CN(C)c1nccnc1N1CC(C)(C)OC2(CCCC2)C1. The van der Waals surface area contributed by atoms with Crippen molar-refractivity contribution in [3.63, 3.8) is 0 Å². The second-order valence-corrected chi connectivity index (χ2v) is 7.21. The summed E-state index contributed by atoms with van der Waals surface area (Å²) in [7, 11) is 4.04. The number of hydrogen-bond donors (Lipinski definition) is 0. The summed E-state index contributed by atoms with van der Waals surface area (Å²) < 4.78 is 6.47. The zero-order valence-corrected chi connectivity index (χ0v) is 13.6. The number of rotatable bonds is 2. The van der Waals surface area contributed by atoms with Crippen molar-refractivity contribution in [2.45, 2.75) is 50.7 Å². The van der Waals surface area contributed by atoms with Crippen LogP contribution in [-0.2, 0) is 4.74 Å². The van der Waals surface area contributed by atoms with Crippen LogP contribution in [0, 0.1) is 0 Å². The van der Waals surface area contributed by atoms with Crippen LogP contribution in [0.4, 0.5) is 11.6 Å². The highest BCUT2D eigenvalue weighted by Gasteiger charge is 2.46. The fraction of sp³-hybridized carbons (Fsp3) is 0.750. The van der Waals surface area contributed by atoms with E-state index < -0.39 is 0 Å². The smallest absolute Gasteiger partial charge is 0.172 e. The second kappa shape index (κ2) is 5.13. The van der Waals surface area contributed by atoms with E-state index in [2.05, 4.69) is 28.7 Å². The van der Waals surface area contributed by atoms with Gasteiger partial charge in [0.05, 0.1) is 11.2 Å². The fourth-order valence-corrected chi connectivity index (χ4v) is 3.81. The summed E-state index contributed by atoms with van der Waals surface area (Å²) in [4.78, 5) is 13.5. The first-order chi connectivity index (χ1) is 9.91. The summed E-state index contributed by atoms with van der Waals surface area (Å²) in [6.07, 6.45) is 8.40. The highest BCUT2D eigenvalue weighted by molar-refractivity contribution is 5.62. The summed E-state index contributed by atoms with van der Waals surface area (Å²) in [6.45, 7) is 6.15. The van der Waals surface area contributed by atoms with Crippen LogP contribution in [-0.4, -0.2) is 48.4 Å². The Kier molecular flexibility index (Phi) is 3.56. The molecule has 0 atom stereocenters. The van der Waals surface area contributed by atoms with E-state index in [0.717, 1.165) is 37.6 Å². The highest BCUT2D eigenvalue weighted by Crippen LogP contribution is 2.42. The van der Waals surface area contributed by atoms with Crippen molar-refractivity contribution in [1.82, 2.24) is 9.97 Å². The molecular weight excluding hydrogens is 264 g/mol. The predicted octanol–water partition coefficient (Wildman–Crippen LogP) is 2.47. The molecule has 1 aromatic rings. The van der Waals surface area contributed by atoms with Crippen molar-refractivity contribution in [2.75, 3.05) is 37.0 Å². The monoisotopic (exact) mass is 290 g/mol. The van der Waals surface area contributed by atoms with Gasteiger partial charge in [-0.25, -0.2) is 9.97 Å². The Morgan fingerprint density at radius 1 is 1.10 bits per heavy atom. The van der Waals surface area contributed by atoms with Crippen LogP contribution in [0.3, 0.4) is 0 Å². The molecule has 5 heteroatoms. The molecule has 0 amide bonds. The van der Waals surface area contributed by atoms with Crippen LogP contribution in [0.1, 0.15) is 39.5 Å². The molecule has 1 saturated carbocycles. The largest absolute Gasteiger partial charge is 0.365 e. The topological polar surface area (TPSA) is 41.5 Å². The molecule has 1 saturated heterocycles. The number of ether oxygens (including phenoxy) is 1. The maximum atomic E-state index is 6.47. The van der Waals surface area contributed by atoms with E-state index in [0.29, 0.717) is 0 Å². The Morgan fingerprint density at radius 3 is 2.43 bits per heavy atom. The van der Waals surface area contributed by atoms with Gasteiger partial charge in [-0.15, -0.1) is 0 Å². The summed E-state index contributed by atoms with van der Waals surface area (Å²) in [5, 5.41) is 0. The number of morpholine rings is 1. The Bertz CT molecular complexity index is 509. The standard InChI is InChI=1S/C16H26N4O/c1-15(2)11-20(12-16(21-15)7-5-6-8-16)14-13(19(3)4)17-9-10-18-14/h9-10H,5-8,11-12H2,1-4H3. The maximum Gasteiger partial charge on any atom is 0.172 e. The van der Waals surface area contributed by atoms with Gasteiger partial charge in [-0.2, -0.15) is 0 Å². The average molecular weight is 290 g/mol. The van der Waals surface area contributed by atoms with Crippen LogP contribution in [0.25, 0.3) is 0 Å². The Balaban J connectivity index is 1.94. The van der Waals surface area contributed by atoms with Crippen molar-refractivity contribution in [3.8, 4) is 0 Å². The molecule has 0 bridgehead atoms. The third-order valence-corrected chi connectivity index (χ3v) is 4.44. The normalized spacial score (nSPS) is 23.5. The third-order valence-electron chi connectivity index (χ3n) is 4.44. The lowest BCUT2D eigenvalue weighted by Gasteiger charge is -2.49. The molecule has 116 valence electrons. The van der Waals surface area contributed by atoms with E-state index in [1.807, 2.05) is 19.0 Å². The Morgan fingerprint density at radius 2 is 1.76 bits per heavy atom. The van der Waals surface area contributed by atoms with Gasteiger partial charge in [-0.05, 0) is 26.7 Å². The maximum absolute atomic E-state index is 6.47. The van der Waals surface area contributed by atoms with Crippen molar-refractivity contribution < 1.29 is 4.74 Å². The van der Waals surface area contributed by atoms with Gasteiger partial charge in [-0.3, -0.25) is 0 Å².